The summed E-state index contributed by atoms with van der Waals surface area (Å²) in [6.07, 6.45) is 0. The summed E-state index contributed by atoms with van der Waals surface area (Å²) in [4.78, 5) is 16.4. The van der Waals surface area contributed by atoms with Crippen LogP contribution in [0.15, 0.2) is 53.7 Å². The van der Waals surface area contributed by atoms with Crippen molar-refractivity contribution in [2.24, 2.45) is 0 Å². The van der Waals surface area contributed by atoms with Gasteiger partial charge in [-0.05, 0) is 18.2 Å². The van der Waals surface area contributed by atoms with Gasteiger partial charge in [0.05, 0.1) is 16.5 Å². The first kappa shape index (κ1) is 16.8. The maximum absolute atomic E-state index is 12.0. The molecule has 0 aliphatic carbocycles. The van der Waals surface area contributed by atoms with Crippen LogP contribution in [-0.4, -0.2) is 26.8 Å². The van der Waals surface area contributed by atoms with E-state index in [4.69, 9.17) is 23.2 Å². The monoisotopic (exact) mass is 378 g/mol. The standard InChI is InChI=1S/C16H12Cl2N4OS/c17-11-6-7-12(18)13(8-11)19-14(23)9-24-16-20-15(21-22-16)10-4-2-1-3-5-10/h1-8H,9H2,(H,19,23)(H,20,21,22). The first-order valence-corrected chi connectivity index (χ1v) is 8.71. The SMILES string of the molecule is O=C(CSc1n[nH]c(-c2ccccc2)n1)Nc1cc(Cl)ccc1Cl. The number of halogens is 2. The van der Waals surface area contributed by atoms with Crippen molar-refractivity contribution < 1.29 is 4.79 Å². The summed E-state index contributed by atoms with van der Waals surface area (Å²) >= 11 is 13.1. The van der Waals surface area contributed by atoms with Crippen molar-refractivity contribution >= 4 is 46.6 Å². The Bertz CT molecular complexity index is 854. The zero-order chi connectivity index (χ0) is 16.9. The molecule has 3 aromatic rings. The number of rotatable bonds is 5. The molecule has 122 valence electrons. The Hall–Kier alpha value is -2.02. The molecule has 2 aromatic carbocycles. The molecule has 24 heavy (non-hydrogen) atoms. The molecule has 0 aliphatic heterocycles. The lowest BCUT2D eigenvalue weighted by Gasteiger charge is -2.06. The molecule has 0 saturated carbocycles. The molecule has 3 rings (SSSR count). The highest BCUT2D eigenvalue weighted by atomic mass is 35.5. The number of H-pyrrole nitrogens is 1. The van der Waals surface area contributed by atoms with E-state index in [9.17, 15) is 4.79 Å². The Balaban J connectivity index is 1.59. The van der Waals surface area contributed by atoms with Gasteiger partial charge in [-0.25, -0.2) is 4.98 Å². The van der Waals surface area contributed by atoms with Crippen molar-refractivity contribution in [2.75, 3.05) is 11.1 Å². The number of carbonyl (C=O) groups excluding carboxylic acids is 1. The molecular formula is C16H12Cl2N4OS. The normalized spacial score (nSPS) is 10.6. The van der Waals surface area contributed by atoms with Gasteiger partial charge in [-0.15, -0.1) is 5.10 Å². The van der Waals surface area contributed by atoms with E-state index in [1.165, 1.54) is 11.8 Å². The summed E-state index contributed by atoms with van der Waals surface area (Å²) in [6.45, 7) is 0. The van der Waals surface area contributed by atoms with Gasteiger partial charge in [0.1, 0.15) is 0 Å². The van der Waals surface area contributed by atoms with Crippen LogP contribution < -0.4 is 5.32 Å². The van der Waals surface area contributed by atoms with Gasteiger partial charge in [0.2, 0.25) is 11.1 Å². The molecule has 2 N–H and O–H groups in total. The zero-order valence-corrected chi connectivity index (χ0v) is 14.6. The first-order valence-electron chi connectivity index (χ1n) is 6.97. The van der Waals surface area contributed by atoms with Crippen molar-refractivity contribution in [1.82, 2.24) is 15.2 Å². The molecule has 0 atom stereocenters. The number of carbonyl (C=O) groups is 1. The lowest BCUT2D eigenvalue weighted by Crippen LogP contribution is -2.14. The number of amides is 1. The van der Waals surface area contributed by atoms with E-state index in [1.807, 2.05) is 30.3 Å². The molecule has 8 heteroatoms. The number of thioether (sulfide) groups is 1. The number of anilines is 1. The summed E-state index contributed by atoms with van der Waals surface area (Å²) < 4.78 is 0. The van der Waals surface area contributed by atoms with Gasteiger partial charge in [-0.1, -0.05) is 65.3 Å². The fraction of sp³-hybridized carbons (Fsp3) is 0.0625. The van der Waals surface area contributed by atoms with E-state index in [1.54, 1.807) is 18.2 Å². The highest BCUT2D eigenvalue weighted by molar-refractivity contribution is 7.99. The highest BCUT2D eigenvalue weighted by Crippen LogP contribution is 2.26. The van der Waals surface area contributed by atoms with E-state index in [0.29, 0.717) is 26.7 Å². The second-order valence-electron chi connectivity index (χ2n) is 4.79. The molecule has 1 heterocycles. The summed E-state index contributed by atoms with van der Waals surface area (Å²) in [5.41, 5.74) is 1.42. The number of hydrogen-bond acceptors (Lipinski definition) is 4. The quantitative estimate of drug-likeness (QED) is 0.640. The maximum atomic E-state index is 12.0. The van der Waals surface area contributed by atoms with Crippen LogP contribution in [0.2, 0.25) is 10.0 Å². The van der Waals surface area contributed by atoms with Crippen molar-refractivity contribution in [3.63, 3.8) is 0 Å². The number of aromatic nitrogens is 3. The molecule has 0 fully saturated rings. The lowest BCUT2D eigenvalue weighted by molar-refractivity contribution is -0.113. The largest absolute Gasteiger partial charge is 0.324 e. The molecule has 1 amide bonds. The maximum Gasteiger partial charge on any atom is 0.234 e. The molecule has 0 spiro atoms. The van der Waals surface area contributed by atoms with E-state index in [2.05, 4.69) is 20.5 Å². The van der Waals surface area contributed by atoms with Crippen LogP contribution in [0.3, 0.4) is 0 Å². The Labute approximate surface area is 152 Å². The number of aromatic amines is 1. The molecule has 5 nitrogen and oxygen atoms in total. The summed E-state index contributed by atoms with van der Waals surface area (Å²) in [5.74, 6) is 0.612. The summed E-state index contributed by atoms with van der Waals surface area (Å²) in [6, 6.07) is 14.5. The van der Waals surface area contributed by atoms with E-state index in [-0.39, 0.29) is 11.7 Å². The minimum Gasteiger partial charge on any atom is -0.324 e. The van der Waals surface area contributed by atoms with Crippen molar-refractivity contribution in [1.29, 1.82) is 0 Å². The fourth-order valence-corrected chi connectivity index (χ4v) is 2.88. The second-order valence-corrected chi connectivity index (χ2v) is 6.58. The Kier molecular flexibility index (Phi) is 5.40. The molecule has 1 aromatic heterocycles. The Morgan fingerprint density at radius 2 is 1.96 bits per heavy atom. The molecule has 0 aliphatic rings. The van der Waals surface area contributed by atoms with Crippen LogP contribution in [0.4, 0.5) is 5.69 Å². The zero-order valence-electron chi connectivity index (χ0n) is 12.3. The van der Waals surface area contributed by atoms with Crippen molar-refractivity contribution in [2.45, 2.75) is 5.16 Å². The number of benzene rings is 2. The third-order valence-electron chi connectivity index (χ3n) is 3.05. The summed E-state index contributed by atoms with van der Waals surface area (Å²) in [7, 11) is 0. The van der Waals surface area contributed by atoms with Crippen LogP contribution >= 0.6 is 35.0 Å². The van der Waals surface area contributed by atoms with Crippen LogP contribution in [-0.2, 0) is 4.79 Å². The van der Waals surface area contributed by atoms with Gasteiger partial charge < -0.3 is 5.32 Å². The van der Waals surface area contributed by atoms with Crippen LogP contribution in [0.25, 0.3) is 11.4 Å². The summed E-state index contributed by atoms with van der Waals surface area (Å²) in [5, 5.41) is 11.1. The predicted octanol–water partition coefficient (Wildman–Crippen LogP) is 4.51. The average molecular weight is 379 g/mol. The predicted molar refractivity (Wildman–Crippen MR) is 97.6 cm³/mol. The van der Waals surface area contributed by atoms with Crippen LogP contribution in [0, 0.1) is 0 Å². The third-order valence-corrected chi connectivity index (χ3v) is 4.46. The van der Waals surface area contributed by atoms with E-state index < -0.39 is 0 Å². The molecule has 0 radical (unpaired) electrons. The molecular weight excluding hydrogens is 367 g/mol. The average Bonchev–Trinajstić information content (AvgIpc) is 3.06. The van der Waals surface area contributed by atoms with Crippen molar-refractivity contribution in [3.8, 4) is 11.4 Å². The lowest BCUT2D eigenvalue weighted by atomic mass is 10.2. The third kappa shape index (κ3) is 4.29. The molecule has 0 unspecified atom stereocenters. The first-order chi connectivity index (χ1) is 11.6. The van der Waals surface area contributed by atoms with Crippen LogP contribution in [0.1, 0.15) is 0 Å². The fourth-order valence-electron chi connectivity index (χ4n) is 1.95. The topological polar surface area (TPSA) is 70.7 Å². The van der Waals surface area contributed by atoms with Gasteiger partial charge in [-0.3, -0.25) is 9.89 Å². The number of nitrogens with one attached hydrogen (secondary N) is 2. The van der Waals surface area contributed by atoms with Crippen LogP contribution in [0.5, 0.6) is 0 Å². The smallest absolute Gasteiger partial charge is 0.234 e. The Morgan fingerprint density at radius 3 is 2.75 bits per heavy atom. The minimum atomic E-state index is -0.213. The van der Waals surface area contributed by atoms with E-state index >= 15 is 0 Å². The number of nitrogens with zero attached hydrogens (tertiary/aromatic N) is 2. The number of hydrogen-bond donors (Lipinski definition) is 2. The van der Waals surface area contributed by atoms with Gasteiger partial charge in [-0.2, -0.15) is 0 Å². The highest BCUT2D eigenvalue weighted by Gasteiger charge is 2.10. The van der Waals surface area contributed by atoms with Gasteiger partial charge in [0.15, 0.2) is 5.82 Å². The minimum absolute atomic E-state index is 0.162. The van der Waals surface area contributed by atoms with E-state index in [0.717, 1.165) is 5.56 Å². The molecule has 0 bridgehead atoms. The molecule has 0 saturated heterocycles. The van der Waals surface area contributed by atoms with Gasteiger partial charge in [0, 0.05) is 10.6 Å². The second kappa shape index (κ2) is 7.70. The Morgan fingerprint density at radius 1 is 1.17 bits per heavy atom. The van der Waals surface area contributed by atoms with Crippen molar-refractivity contribution in [3.05, 3.63) is 58.6 Å². The van der Waals surface area contributed by atoms with Gasteiger partial charge in [0.25, 0.3) is 0 Å². The van der Waals surface area contributed by atoms with Gasteiger partial charge >= 0.3 is 0 Å².